The summed E-state index contributed by atoms with van der Waals surface area (Å²) in [5, 5.41) is 0. The van der Waals surface area contributed by atoms with Crippen molar-refractivity contribution in [2.45, 2.75) is 13.3 Å². The molecule has 0 saturated heterocycles. The molecule has 82 valence electrons. The maximum absolute atomic E-state index is 12.6. The summed E-state index contributed by atoms with van der Waals surface area (Å²) in [4.78, 5) is 6.81. The Balaban J connectivity index is 2.77. The molecule has 15 heavy (non-hydrogen) atoms. The van der Waals surface area contributed by atoms with Crippen LogP contribution in [0.15, 0.2) is 18.5 Å². The molecular formula is C9H9F3N2O. The Morgan fingerprint density at radius 3 is 2.33 bits per heavy atom. The van der Waals surface area contributed by atoms with E-state index >= 15 is 0 Å². The molecule has 0 aliphatic carbocycles. The lowest BCUT2D eigenvalue weighted by molar-refractivity contribution is 0.314. The zero-order valence-corrected chi connectivity index (χ0v) is 8.01. The van der Waals surface area contributed by atoms with Gasteiger partial charge in [-0.3, -0.25) is 0 Å². The van der Waals surface area contributed by atoms with E-state index in [-0.39, 0.29) is 0 Å². The van der Waals surface area contributed by atoms with E-state index in [1.54, 1.807) is 0 Å². The molecule has 3 nitrogen and oxygen atoms in total. The van der Waals surface area contributed by atoms with Crippen molar-refractivity contribution in [3.8, 4) is 5.75 Å². The first-order chi connectivity index (χ1) is 7.15. The second-order valence-electron chi connectivity index (χ2n) is 2.67. The van der Waals surface area contributed by atoms with Gasteiger partial charge in [-0.15, -0.1) is 0 Å². The maximum Gasteiger partial charge on any atom is 0.309 e. The normalized spacial score (nSPS) is 9.87. The maximum atomic E-state index is 12.6. The number of rotatable bonds is 4. The number of hydrogen-bond acceptors (Lipinski definition) is 3. The minimum absolute atomic E-state index is 0.327. The summed E-state index contributed by atoms with van der Waals surface area (Å²) in [7, 11) is 0. The van der Waals surface area contributed by atoms with Crippen molar-refractivity contribution in [1.82, 2.24) is 9.97 Å². The SMILES string of the molecule is CCCOc1cnc(C(F)=C(F)F)nc1. The van der Waals surface area contributed by atoms with Crippen LogP contribution in [0.2, 0.25) is 0 Å². The molecule has 0 spiro atoms. The van der Waals surface area contributed by atoms with Crippen molar-refractivity contribution >= 4 is 5.83 Å². The number of ether oxygens (including phenoxy) is 1. The summed E-state index contributed by atoms with van der Waals surface area (Å²) in [6.07, 6.45) is 0.674. The third-order valence-electron chi connectivity index (χ3n) is 1.46. The van der Waals surface area contributed by atoms with E-state index in [9.17, 15) is 13.2 Å². The highest BCUT2D eigenvalue weighted by Gasteiger charge is 2.11. The van der Waals surface area contributed by atoms with Crippen molar-refractivity contribution in [3.05, 3.63) is 24.3 Å². The minimum atomic E-state index is -2.43. The first kappa shape index (κ1) is 11.5. The van der Waals surface area contributed by atoms with Crippen LogP contribution in [0.3, 0.4) is 0 Å². The highest BCUT2D eigenvalue weighted by Crippen LogP contribution is 2.19. The summed E-state index contributed by atoms with van der Waals surface area (Å²) in [6.45, 7) is 2.38. The molecule has 1 rings (SSSR count). The van der Waals surface area contributed by atoms with Crippen molar-refractivity contribution < 1.29 is 17.9 Å². The van der Waals surface area contributed by atoms with Crippen LogP contribution in [0.1, 0.15) is 19.2 Å². The number of halogens is 3. The molecule has 0 unspecified atom stereocenters. The van der Waals surface area contributed by atoms with E-state index in [0.29, 0.717) is 12.4 Å². The molecule has 0 amide bonds. The summed E-state index contributed by atoms with van der Waals surface area (Å²) in [6, 6.07) is 0. The fourth-order valence-corrected chi connectivity index (χ4v) is 0.809. The summed E-state index contributed by atoms with van der Waals surface area (Å²) in [5.74, 6) is -2.02. The lowest BCUT2D eigenvalue weighted by Crippen LogP contribution is -1.98. The van der Waals surface area contributed by atoms with E-state index in [2.05, 4.69) is 9.97 Å². The Hall–Kier alpha value is -1.59. The van der Waals surface area contributed by atoms with Gasteiger partial charge in [-0.05, 0) is 6.42 Å². The number of nitrogens with zero attached hydrogens (tertiary/aromatic N) is 2. The molecular weight excluding hydrogens is 209 g/mol. The second-order valence-corrected chi connectivity index (χ2v) is 2.67. The zero-order valence-electron chi connectivity index (χ0n) is 8.01. The van der Waals surface area contributed by atoms with Crippen molar-refractivity contribution in [3.63, 3.8) is 0 Å². The minimum Gasteiger partial charge on any atom is -0.490 e. The fraction of sp³-hybridized carbons (Fsp3) is 0.333. The van der Waals surface area contributed by atoms with Gasteiger partial charge in [-0.2, -0.15) is 13.2 Å². The van der Waals surface area contributed by atoms with Crippen LogP contribution in [0.4, 0.5) is 13.2 Å². The Bertz CT molecular complexity index is 347. The first-order valence-electron chi connectivity index (χ1n) is 4.31. The van der Waals surface area contributed by atoms with Gasteiger partial charge in [-0.25, -0.2) is 9.97 Å². The lowest BCUT2D eigenvalue weighted by Gasteiger charge is -2.02. The Labute approximate surface area is 84.6 Å². The van der Waals surface area contributed by atoms with Gasteiger partial charge in [0.05, 0.1) is 19.0 Å². The molecule has 0 atom stereocenters. The Kier molecular flexibility index (Phi) is 4.08. The second kappa shape index (κ2) is 5.33. The molecule has 0 aliphatic rings. The van der Waals surface area contributed by atoms with Gasteiger partial charge < -0.3 is 4.74 Å². The Morgan fingerprint density at radius 2 is 1.87 bits per heavy atom. The third-order valence-corrected chi connectivity index (χ3v) is 1.46. The molecule has 0 bridgehead atoms. The van der Waals surface area contributed by atoms with Crippen LogP contribution in [0.25, 0.3) is 5.83 Å². The number of aromatic nitrogens is 2. The summed E-state index contributed by atoms with van der Waals surface area (Å²) < 4.78 is 41.3. The Morgan fingerprint density at radius 1 is 1.27 bits per heavy atom. The van der Waals surface area contributed by atoms with Crippen molar-refractivity contribution in [2.24, 2.45) is 0 Å². The highest BCUT2D eigenvalue weighted by molar-refractivity contribution is 5.52. The molecule has 0 fully saturated rings. The van der Waals surface area contributed by atoms with Crippen LogP contribution in [-0.4, -0.2) is 16.6 Å². The molecule has 1 aromatic heterocycles. The van der Waals surface area contributed by atoms with Crippen molar-refractivity contribution in [2.75, 3.05) is 6.61 Å². The van der Waals surface area contributed by atoms with Crippen LogP contribution in [-0.2, 0) is 0 Å². The predicted molar refractivity (Wildman–Crippen MR) is 48.1 cm³/mol. The van der Waals surface area contributed by atoms with Crippen molar-refractivity contribution in [1.29, 1.82) is 0 Å². The molecule has 1 heterocycles. The predicted octanol–water partition coefficient (Wildman–Crippen LogP) is 2.80. The van der Waals surface area contributed by atoms with E-state index in [4.69, 9.17) is 4.74 Å². The van der Waals surface area contributed by atoms with Crippen LogP contribution in [0.5, 0.6) is 5.75 Å². The molecule has 1 aromatic rings. The van der Waals surface area contributed by atoms with Gasteiger partial charge in [-0.1, -0.05) is 6.92 Å². The molecule has 0 aliphatic heterocycles. The quantitative estimate of drug-likeness (QED) is 0.779. The van der Waals surface area contributed by atoms with E-state index in [1.807, 2.05) is 6.92 Å². The monoisotopic (exact) mass is 218 g/mol. The average molecular weight is 218 g/mol. The van der Waals surface area contributed by atoms with E-state index in [0.717, 1.165) is 18.8 Å². The average Bonchev–Trinajstić information content (AvgIpc) is 2.26. The first-order valence-corrected chi connectivity index (χ1v) is 4.31. The zero-order chi connectivity index (χ0) is 11.3. The van der Waals surface area contributed by atoms with Gasteiger partial charge in [0.1, 0.15) is 0 Å². The van der Waals surface area contributed by atoms with Gasteiger partial charge >= 0.3 is 6.08 Å². The summed E-state index contributed by atoms with van der Waals surface area (Å²) >= 11 is 0. The van der Waals surface area contributed by atoms with E-state index in [1.165, 1.54) is 0 Å². The largest absolute Gasteiger partial charge is 0.490 e. The highest BCUT2D eigenvalue weighted by atomic mass is 19.3. The van der Waals surface area contributed by atoms with Crippen LogP contribution in [0, 0.1) is 0 Å². The fourth-order valence-electron chi connectivity index (χ4n) is 0.809. The summed E-state index contributed by atoms with van der Waals surface area (Å²) in [5.41, 5.74) is 0. The molecule has 6 heteroatoms. The van der Waals surface area contributed by atoms with Crippen LogP contribution >= 0.6 is 0 Å². The molecule has 0 radical (unpaired) electrons. The third kappa shape index (κ3) is 3.23. The topological polar surface area (TPSA) is 35.0 Å². The molecule has 0 saturated carbocycles. The molecule has 0 N–H and O–H groups in total. The smallest absolute Gasteiger partial charge is 0.309 e. The van der Waals surface area contributed by atoms with Crippen LogP contribution < -0.4 is 4.74 Å². The molecule has 0 aromatic carbocycles. The van der Waals surface area contributed by atoms with Gasteiger partial charge in [0.15, 0.2) is 11.6 Å². The number of hydrogen-bond donors (Lipinski definition) is 0. The van der Waals surface area contributed by atoms with Gasteiger partial charge in [0.2, 0.25) is 5.83 Å². The van der Waals surface area contributed by atoms with Gasteiger partial charge in [0, 0.05) is 0 Å². The lowest BCUT2D eigenvalue weighted by atomic mass is 10.5. The van der Waals surface area contributed by atoms with Gasteiger partial charge in [0.25, 0.3) is 0 Å². The van der Waals surface area contributed by atoms with E-state index < -0.39 is 17.7 Å². The standard InChI is InChI=1S/C9H9F3N2O/c1-2-3-15-6-4-13-9(14-5-6)7(10)8(11)12/h4-5H,2-3H2,1H3.